The van der Waals surface area contributed by atoms with Crippen molar-refractivity contribution in [1.29, 1.82) is 0 Å². The predicted octanol–water partition coefficient (Wildman–Crippen LogP) is 1.84. The summed E-state index contributed by atoms with van der Waals surface area (Å²) in [6.45, 7) is 1.34. The van der Waals surface area contributed by atoms with E-state index >= 15 is 0 Å². The van der Waals surface area contributed by atoms with Crippen LogP contribution >= 0.6 is 0 Å². The molecule has 4 atom stereocenters. The van der Waals surface area contributed by atoms with E-state index in [9.17, 15) is 14.7 Å². The standard InChI is InChI=1S/C19H18O5/c1-10(20)23-14-5-4-11-9-12-3-2-7-18-15(11)16(14)24-17(18)13(21)6-8-19(12,18)22/h4-6,8,12,17,22H,2-3,7,9H2,1H3/t12-,17+,18+,19-/m1/s1. The van der Waals surface area contributed by atoms with Crippen molar-refractivity contribution >= 4 is 11.8 Å². The van der Waals surface area contributed by atoms with Crippen LogP contribution < -0.4 is 9.47 Å². The van der Waals surface area contributed by atoms with Gasteiger partial charge in [0, 0.05) is 12.5 Å². The number of ether oxygens (including phenoxy) is 2. The highest BCUT2D eigenvalue weighted by atomic mass is 16.6. The van der Waals surface area contributed by atoms with Gasteiger partial charge < -0.3 is 14.6 Å². The maximum absolute atomic E-state index is 12.6. The molecule has 0 unspecified atom stereocenters. The van der Waals surface area contributed by atoms with E-state index in [1.165, 1.54) is 13.0 Å². The Labute approximate surface area is 139 Å². The summed E-state index contributed by atoms with van der Waals surface area (Å²) >= 11 is 0. The van der Waals surface area contributed by atoms with Crippen LogP contribution in [-0.4, -0.2) is 28.6 Å². The van der Waals surface area contributed by atoms with E-state index in [1.54, 1.807) is 12.1 Å². The molecule has 1 saturated carbocycles. The van der Waals surface area contributed by atoms with Gasteiger partial charge in [-0.15, -0.1) is 0 Å². The number of hydrogen-bond donors (Lipinski definition) is 1. The number of ketones is 1. The molecule has 1 aliphatic heterocycles. The molecular weight excluding hydrogens is 308 g/mol. The average molecular weight is 326 g/mol. The van der Waals surface area contributed by atoms with E-state index in [0.29, 0.717) is 17.9 Å². The summed E-state index contributed by atoms with van der Waals surface area (Å²) in [5.74, 6) is 0.324. The number of aliphatic hydroxyl groups is 1. The fourth-order valence-corrected chi connectivity index (χ4v) is 5.45. The van der Waals surface area contributed by atoms with Gasteiger partial charge in [-0.1, -0.05) is 12.5 Å². The van der Waals surface area contributed by atoms with Gasteiger partial charge in [0.1, 0.15) is 5.60 Å². The Balaban J connectivity index is 1.83. The van der Waals surface area contributed by atoms with Crippen LogP contribution in [0.15, 0.2) is 24.3 Å². The zero-order chi connectivity index (χ0) is 16.7. The van der Waals surface area contributed by atoms with Gasteiger partial charge in [0.15, 0.2) is 23.4 Å². The summed E-state index contributed by atoms with van der Waals surface area (Å²) in [5, 5.41) is 11.6. The molecule has 1 aromatic rings. The molecule has 0 saturated heterocycles. The summed E-state index contributed by atoms with van der Waals surface area (Å²) < 4.78 is 11.4. The second-order valence-corrected chi connectivity index (χ2v) is 7.34. The van der Waals surface area contributed by atoms with Gasteiger partial charge in [-0.2, -0.15) is 0 Å². The lowest BCUT2D eigenvalue weighted by Gasteiger charge is -2.57. The molecule has 5 heteroatoms. The van der Waals surface area contributed by atoms with Crippen molar-refractivity contribution in [3.63, 3.8) is 0 Å². The summed E-state index contributed by atoms with van der Waals surface area (Å²) in [6, 6.07) is 3.69. The minimum absolute atomic E-state index is 0.0831. The summed E-state index contributed by atoms with van der Waals surface area (Å²) in [6.07, 6.45) is 5.74. The van der Waals surface area contributed by atoms with Gasteiger partial charge in [-0.3, -0.25) is 9.59 Å². The van der Waals surface area contributed by atoms with Gasteiger partial charge in [-0.05, 0) is 49.0 Å². The number of carbonyl (C=O) groups excluding carboxylic acids is 2. The first-order chi connectivity index (χ1) is 11.5. The first-order valence-electron chi connectivity index (χ1n) is 8.44. The van der Waals surface area contributed by atoms with E-state index in [1.807, 2.05) is 6.07 Å². The monoisotopic (exact) mass is 326 g/mol. The topological polar surface area (TPSA) is 72.8 Å². The molecule has 5 rings (SSSR count). The molecule has 24 heavy (non-hydrogen) atoms. The highest BCUT2D eigenvalue weighted by Gasteiger charge is 2.70. The van der Waals surface area contributed by atoms with E-state index in [2.05, 4.69) is 0 Å². The summed E-state index contributed by atoms with van der Waals surface area (Å²) in [4.78, 5) is 24.0. The van der Waals surface area contributed by atoms with E-state index in [-0.39, 0.29) is 11.7 Å². The molecule has 124 valence electrons. The number of esters is 1. The van der Waals surface area contributed by atoms with Crippen molar-refractivity contribution in [2.24, 2.45) is 5.92 Å². The second-order valence-electron chi connectivity index (χ2n) is 7.34. The van der Waals surface area contributed by atoms with Gasteiger partial charge in [-0.25, -0.2) is 0 Å². The van der Waals surface area contributed by atoms with Crippen molar-refractivity contribution < 1.29 is 24.2 Å². The molecule has 1 spiro atoms. The van der Waals surface area contributed by atoms with Gasteiger partial charge >= 0.3 is 5.97 Å². The Kier molecular flexibility index (Phi) is 2.53. The average Bonchev–Trinajstić information content (AvgIpc) is 2.87. The largest absolute Gasteiger partial charge is 0.477 e. The molecule has 1 fully saturated rings. The first kappa shape index (κ1) is 14.2. The number of rotatable bonds is 1. The van der Waals surface area contributed by atoms with Crippen molar-refractivity contribution in [3.05, 3.63) is 35.4 Å². The van der Waals surface area contributed by atoms with Crippen molar-refractivity contribution in [2.45, 2.75) is 49.7 Å². The van der Waals surface area contributed by atoms with Gasteiger partial charge in [0.25, 0.3) is 0 Å². The lowest BCUT2D eigenvalue weighted by Crippen LogP contribution is -2.68. The second kappa shape index (κ2) is 4.28. The van der Waals surface area contributed by atoms with Crippen molar-refractivity contribution in [2.75, 3.05) is 0 Å². The minimum atomic E-state index is -1.07. The molecule has 4 aliphatic rings. The number of hydrogen-bond acceptors (Lipinski definition) is 5. The van der Waals surface area contributed by atoms with Crippen LogP contribution in [0, 0.1) is 5.92 Å². The normalized spacial score (nSPS) is 37.7. The van der Waals surface area contributed by atoms with Gasteiger partial charge in [0.2, 0.25) is 0 Å². The molecule has 2 bridgehead atoms. The maximum Gasteiger partial charge on any atom is 0.308 e. The van der Waals surface area contributed by atoms with E-state index < -0.39 is 23.1 Å². The van der Waals surface area contributed by atoms with Crippen molar-refractivity contribution in [1.82, 2.24) is 0 Å². The Morgan fingerprint density at radius 1 is 1.42 bits per heavy atom. The lowest BCUT2D eigenvalue weighted by molar-refractivity contribution is -0.144. The number of carbonyl (C=O) groups is 2. The fourth-order valence-electron chi connectivity index (χ4n) is 5.45. The number of benzene rings is 1. The molecule has 0 aromatic heterocycles. The molecule has 1 heterocycles. The minimum Gasteiger partial charge on any atom is -0.477 e. The van der Waals surface area contributed by atoms with Crippen LogP contribution in [0.1, 0.15) is 37.3 Å². The molecule has 5 nitrogen and oxygen atoms in total. The third-order valence-corrected chi connectivity index (χ3v) is 6.28. The van der Waals surface area contributed by atoms with Crippen LogP contribution in [0.4, 0.5) is 0 Å². The van der Waals surface area contributed by atoms with Crippen LogP contribution in [0.5, 0.6) is 11.5 Å². The van der Waals surface area contributed by atoms with Crippen LogP contribution in [0.3, 0.4) is 0 Å². The Morgan fingerprint density at radius 3 is 3.04 bits per heavy atom. The Hall–Kier alpha value is -2.14. The predicted molar refractivity (Wildman–Crippen MR) is 84.0 cm³/mol. The van der Waals surface area contributed by atoms with Crippen LogP contribution in [-0.2, 0) is 21.4 Å². The van der Waals surface area contributed by atoms with E-state index in [0.717, 1.165) is 30.4 Å². The fraction of sp³-hybridized carbons (Fsp3) is 0.474. The van der Waals surface area contributed by atoms with Gasteiger partial charge in [0.05, 0.1) is 5.41 Å². The molecular formula is C19H18O5. The zero-order valence-corrected chi connectivity index (χ0v) is 13.4. The van der Waals surface area contributed by atoms with Crippen LogP contribution in [0.25, 0.3) is 0 Å². The lowest BCUT2D eigenvalue weighted by atomic mass is 9.47. The maximum atomic E-state index is 12.6. The Morgan fingerprint density at radius 2 is 2.25 bits per heavy atom. The molecule has 0 amide bonds. The summed E-state index contributed by atoms with van der Waals surface area (Å²) in [5.41, 5.74) is 0.154. The highest BCUT2D eigenvalue weighted by Crippen LogP contribution is 2.65. The molecule has 3 aliphatic carbocycles. The third-order valence-electron chi connectivity index (χ3n) is 6.28. The van der Waals surface area contributed by atoms with Crippen LogP contribution in [0.2, 0.25) is 0 Å². The molecule has 0 radical (unpaired) electrons. The molecule has 1 N–H and O–H groups in total. The molecule has 1 aromatic carbocycles. The smallest absolute Gasteiger partial charge is 0.308 e. The van der Waals surface area contributed by atoms with E-state index in [4.69, 9.17) is 9.47 Å². The van der Waals surface area contributed by atoms with Crippen molar-refractivity contribution in [3.8, 4) is 11.5 Å². The first-order valence-corrected chi connectivity index (χ1v) is 8.44. The zero-order valence-electron chi connectivity index (χ0n) is 13.4. The third kappa shape index (κ3) is 1.41. The summed E-state index contributed by atoms with van der Waals surface area (Å²) in [7, 11) is 0. The highest BCUT2D eigenvalue weighted by molar-refractivity contribution is 5.99. The Bertz CT molecular complexity index is 825. The SMILES string of the molecule is CC(=O)Oc1ccc2c3c1O[C@H]1C(=O)C=C[C@@]4(O)[C@H](CCC[C@]314)C2. The quantitative estimate of drug-likeness (QED) is 0.630.